The van der Waals surface area contributed by atoms with Gasteiger partial charge in [0.15, 0.2) is 0 Å². The van der Waals surface area contributed by atoms with Crippen molar-refractivity contribution in [3.05, 3.63) is 49.0 Å². The van der Waals surface area contributed by atoms with Crippen LogP contribution < -0.4 is 14.8 Å². The largest absolute Gasteiger partial charge is 0.573 e. The molecule has 0 aliphatic rings. The molecular weight excluding hydrogens is 339 g/mol. The maximum absolute atomic E-state index is 12.2. The van der Waals surface area contributed by atoms with Crippen LogP contribution in [0.4, 0.5) is 24.7 Å². The molecule has 0 spiro atoms. The van der Waals surface area contributed by atoms with E-state index in [0.717, 1.165) is 0 Å². The normalized spacial score (nSPS) is 11.2. The van der Waals surface area contributed by atoms with Crippen LogP contribution in [0.2, 0.25) is 0 Å². The van der Waals surface area contributed by atoms with Crippen LogP contribution in [0.1, 0.15) is 0 Å². The van der Waals surface area contributed by atoms with Gasteiger partial charge < -0.3 is 19.2 Å². The molecular formula is C16H12F3N3O3. The molecule has 0 bridgehead atoms. The number of hydrogen-bond acceptors (Lipinski definition) is 6. The van der Waals surface area contributed by atoms with Crippen LogP contribution in [0.25, 0.3) is 11.3 Å². The first-order valence-electron chi connectivity index (χ1n) is 7.01. The Morgan fingerprint density at radius 3 is 2.48 bits per heavy atom. The highest BCUT2D eigenvalue weighted by Gasteiger charge is 2.30. The predicted octanol–water partition coefficient (Wildman–Crippen LogP) is 4.39. The monoisotopic (exact) mass is 351 g/mol. The fourth-order valence-corrected chi connectivity index (χ4v) is 2.03. The quantitative estimate of drug-likeness (QED) is 0.735. The average molecular weight is 351 g/mol. The molecule has 0 saturated heterocycles. The molecule has 3 aromatic rings. The van der Waals surface area contributed by atoms with Gasteiger partial charge in [-0.2, -0.15) is 0 Å². The minimum atomic E-state index is -4.72. The molecule has 0 aliphatic heterocycles. The number of nitrogens with one attached hydrogen (secondary N) is 1. The lowest BCUT2D eigenvalue weighted by molar-refractivity contribution is -0.274. The second-order valence-electron chi connectivity index (χ2n) is 4.84. The lowest BCUT2D eigenvalue weighted by Crippen LogP contribution is -2.16. The summed E-state index contributed by atoms with van der Waals surface area (Å²) < 4.78 is 50.4. The predicted molar refractivity (Wildman–Crippen MR) is 82.7 cm³/mol. The zero-order chi connectivity index (χ0) is 17.9. The van der Waals surface area contributed by atoms with Crippen molar-refractivity contribution >= 4 is 11.5 Å². The Bertz CT molecular complexity index is 848. The molecule has 0 amide bonds. The van der Waals surface area contributed by atoms with Crippen molar-refractivity contribution in [2.45, 2.75) is 6.36 Å². The van der Waals surface area contributed by atoms with Gasteiger partial charge in [0.1, 0.15) is 24.2 Å². The standard InChI is InChI=1S/C16H12F3N3O3/c1-23-15-6-10(8-24-15)13-7-14(21-9-20-13)22-11-2-4-12(5-3-11)25-16(17,18)19/h2-9H,1H3,(H,20,21,22). The van der Waals surface area contributed by atoms with Crippen LogP contribution in [0.5, 0.6) is 11.7 Å². The summed E-state index contributed by atoms with van der Waals surface area (Å²) in [7, 11) is 1.49. The number of rotatable bonds is 5. The molecule has 0 atom stereocenters. The Morgan fingerprint density at radius 1 is 1.08 bits per heavy atom. The molecule has 2 heterocycles. The lowest BCUT2D eigenvalue weighted by Gasteiger charge is -2.10. The van der Waals surface area contributed by atoms with E-state index in [1.54, 1.807) is 12.1 Å². The molecule has 1 N–H and O–H groups in total. The van der Waals surface area contributed by atoms with Gasteiger partial charge in [0.2, 0.25) is 0 Å². The van der Waals surface area contributed by atoms with E-state index in [9.17, 15) is 13.2 Å². The van der Waals surface area contributed by atoms with E-state index < -0.39 is 6.36 Å². The molecule has 1 aromatic carbocycles. The summed E-state index contributed by atoms with van der Waals surface area (Å²) in [4.78, 5) is 8.22. The first-order chi connectivity index (χ1) is 11.9. The summed E-state index contributed by atoms with van der Waals surface area (Å²) in [5.41, 5.74) is 1.85. The highest BCUT2D eigenvalue weighted by atomic mass is 19.4. The fraction of sp³-hybridized carbons (Fsp3) is 0.125. The molecule has 3 rings (SSSR count). The van der Waals surface area contributed by atoms with Crippen LogP contribution >= 0.6 is 0 Å². The Kier molecular flexibility index (Phi) is 4.46. The number of methoxy groups -OCH3 is 1. The minimum absolute atomic E-state index is 0.299. The number of halogens is 3. The summed E-state index contributed by atoms with van der Waals surface area (Å²) in [6.45, 7) is 0. The number of furan rings is 1. The van der Waals surface area contributed by atoms with Crippen LogP contribution in [-0.2, 0) is 0 Å². The van der Waals surface area contributed by atoms with E-state index in [4.69, 9.17) is 9.15 Å². The SMILES string of the molecule is COc1cc(-c2cc(Nc3ccc(OC(F)(F)F)cc3)ncn2)co1. The van der Waals surface area contributed by atoms with Crippen molar-refractivity contribution in [3.63, 3.8) is 0 Å². The van der Waals surface area contributed by atoms with Gasteiger partial charge in [0.05, 0.1) is 12.8 Å². The van der Waals surface area contributed by atoms with Crippen molar-refractivity contribution in [2.24, 2.45) is 0 Å². The van der Waals surface area contributed by atoms with Gasteiger partial charge in [0.25, 0.3) is 5.95 Å². The Balaban J connectivity index is 1.73. The van der Waals surface area contributed by atoms with Crippen LogP contribution in [0, 0.1) is 0 Å². The molecule has 25 heavy (non-hydrogen) atoms. The maximum atomic E-state index is 12.2. The smallest absolute Gasteiger partial charge is 0.468 e. The first-order valence-corrected chi connectivity index (χ1v) is 7.01. The Labute approximate surface area is 140 Å². The third-order valence-corrected chi connectivity index (χ3v) is 3.10. The zero-order valence-corrected chi connectivity index (χ0v) is 12.9. The number of anilines is 2. The van der Waals surface area contributed by atoms with E-state index >= 15 is 0 Å². The topological polar surface area (TPSA) is 69.4 Å². The fourth-order valence-electron chi connectivity index (χ4n) is 2.03. The molecule has 0 fully saturated rings. The van der Waals surface area contributed by atoms with Crippen LogP contribution in [-0.4, -0.2) is 23.4 Å². The number of alkyl halides is 3. The number of nitrogens with zero attached hydrogens (tertiary/aromatic N) is 2. The number of ether oxygens (including phenoxy) is 2. The summed E-state index contributed by atoms with van der Waals surface area (Å²) in [5.74, 6) is 0.518. The Hall–Kier alpha value is -3.23. The van der Waals surface area contributed by atoms with Crippen molar-refractivity contribution < 1.29 is 27.1 Å². The molecule has 2 aromatic heterocycles. The van der Waals surface area contributed by atoms with Gasteiger partial charge in [-0.15, -0.1) is 13.2 Å². The molecule has 0 saturated carbocycles. The molecule has 0 aliphatic carbocycles. The van der Waals surface area contributed by atoms with Gasteiger partial charge in [-0.25, -0.2) is 9.97 Å². The third kappa shape index (κ3) is 4.40. The van der Waals surface area contributed by atoms with Gasteiger partial charge in [-0.05, 0) is 24.3 Å². The summed E-state index contributed by atoms with van der Waals surface area (Å²) in [5, 5.41) is 2.98. The third-order valence-electron chi connectivity index (χ3n) is 3.10. The number of benzene rings is 1. The van der Waals surface area contributed by atoms with Gasteiger partial charge in [-0.1, -0.05) is 0 Å². The van der Waals surface area contributed by atoms with Crippen molar-refractivity contribution in [2.75, 3.05) is 12.4 Å². The molecule has 0 unspecified atom stereocenters. The summed E-state index contributed by atoms with van der Waals surface area (Å²) >= 11 is 0. The first kappa shape index (κ1) is 16.6. The van der Waals surface area contributed by atoms with Crippen LogP contribution in [0.15, 0.2) is 53.4 Å². The maximum Gasteiger partial charge on any atom is 0.573 e. The van der Waals surface area contributed by atoms with Gasteiger partial charge in [0, 0.05) is 23.4 Å². The second-order valence-corrected chi connectivity index (χ2v) is 4.84. The van der Waals surface area contributed by atoms with Crippen molar-refractivity contribution in [1.29, 1.82) is 0 Å². The van der Waals surface area contributed by atoms with E-state index in [0.29, 0.717) is 28.7 Å². The second kappa shape index (κ2) is 6.71. The van der Waals surface area contributed by atoms with E-state index in [2.05, 4.69) is 20.0 Å². The molecule has 130 valence electrons. The van der Waals surface area contributed by atoms with Gasteiger partial charge in [-0.3, -0.25) is 0 Å². The highest BCUT2D eigenvalue weighted by molar-refractivity contribution is 5.65. The van der Waals surface area contributed by atoms with E-state index in [-0.39, 0.29) is 5.75 Å². The summed E-state index contributed by atoms with van der Waals surface area (Å²) in [6.07, 6.45) is -1.87. The minimum Gasteiger partial charge on any atom is -0.468 e. The molecule has 6 nitrogen and oxygen atoms in total. The molecule has 9 heteroatoms. The summed E-state index contributed by atoms with van der Waals surface area (Å²) in [6, 6.07) is 8.66. The lowest BCUT2D eigenvalue weighted by atomic mass is 10.2. The van der Waals surface area contributed by atoms with Crippen LogP contribution in [0.3, 0.4) is 0 Å². The van der Waals surface area contributed by atoms with E-state index in [1.165, 1.54) is 44.0 Å². The van der Waals surface area contributed by atoms with Gasteiger partial charge >= 0.3 is 6.36 Å². The Morgan fingerprint density at radius 2 is 1.84 bits per heavy atom. The number of hydrogen-bond donors (Lipinski definition) is 1. The zero-order valence-electron chi connectivity index (χ0n) is 12.9. The average Bonchev–Trinajstić information content (AvgIpc) is 3.05. The van der Waals surface area contributed by atoms with Crippen molar-refractivity contribution in [3.8, 4) is 23.0 Å². The number of aromatic nitrogens is 2. The van der Waals surface area contributed by atoms with E-state index in [1.807, 2.05) is 0 Å². The van der Waals surface area contributed by atoms with Crippen molar-refractivity contribution in [1.82, 2.24) is 9.97 Å². The molecule has 0 radical (unpaired) electrons. The highest BCUT2D eigenvalue weighted by Crippen LogP contribution is 2.27.